The summed E-state index contributed by atoms with van der Waals surface area (Å²) in [6.45, 7) is 5.39. The number of hydrogen-bond donors (Lipinski definition) is 1. The molecule has 1 saturated heterocycles. The predicted octanol–water partition coefficient (Wildman–Crippen LogP) is 3.33. The molecule has 0 amide bonds. The van der Waals surface area contributed by atoms with Crippen molar-refractivity contribution in [3.05, 3.63) is 71.5 Å². The van der Waals surface area contributed by atoms with E-state index in [1.807, 2.05) is 36.4 Å². The summed E-state index contributed by atoms with van der Waals surface area (Å²) in [6.07, 6.45) is 4.23. The van der Waals surface area contributed by atoms with Crippen LogP contribution in [-0.4, -0.2) is 54.1 Å². The summed E-state index contributed by atoms with van der Waals surface area (Å²) >= 11 is 0. The molecule has 0 saturated carbocycles. The van der Waals surface area contributed by atoms with Crippen LogP contribution in [0.5, 0.6) is 6.01 Å². The fraction of sp³-hybridized carbons (Fsp3) is 0.304. The zero-order valence-corrected chi connectivity index (χ0v) is 17.6. The number of ether oxygens (including phenoxy) is 2. The second-order valence-electron chi connectivity index (χ2n) is 7.20. The molecular formula is C23H28N6O2. The zero-order chi connectivity index (χ0) is 21.3. The van der Waals surface area contributed by atoms with Gasteiger partial charge in [0.2, 0.25) is 0 Å². The first-order valence-electron chi connectivity index (χ1n) is 10.4. The molecule has 162 valence electrons. The maximum atomic E-state index is 5.85. The number of hydrazone groups is 1. The highest BCUT2D eigenvalue weighted by Gasteiger charge is 2.15. The van der Waals surface area contributed by atoms with Crippen molar-refractivity contribution in [3.8, 4) is 6.01 Å². The lowest BCUT2D eigenvalue weighted by molar-refractivity contribution is 0.122. The fourth-order valence-electron chi connectivity index (χ4n) is 3.21. The van der Waals surface area contributed by atoms with Crippen molar-refractivity contribution in [2.45, 2.75) is 13.3 Å². The van der Waals surface area contributed by atoms with Crippen molar-refractivity contribution in [2.75, 3.05) is 43.2 Å². The van der Waals surface area contributed by atoms with E-state index < -0.39 is 0 Å². The van der Waals surface area contributed by atoms with E-state index >= 15 is 0 Å². The van der Waals surface area contributed by atoms with Crippen LogP contribution in [0.3, 0.4) is 0 Å². The maximum Gasteiger partial charge on any atom is 0.320 e. The number of rotatable bonds is 8. The molecule has 3 heterocycles. The second kappa shape index (κ2) is 10.5. The number of morpholine rings is 1. The first-order chi connectivity index (χ1) is 15.3. The highest BCUT2D eigenvalue weighted by molar-refractivity contribution is 5.80. The van der Waals surface area contributed by atoms with Crippen LogP contribution in [0, 0.1) is 6.92 Å². The lowest BCUT2D eigenvalue weighted by Gasteiger charge is -2.28. The Kier molecular flexibility index (Phi) is 7.02. The van der Waals surface area contributed by atoms with Gasteiger partial charge >= 0.3 is 6.01 Å². The van der Waals surface area contributed by atoms with Crippen molar-refractivity contribution in [2.24, 2.45) is 5.10 Å². The van der Waals surface area contributed by atoms with Crippen molar-refractivity contribution in [1.29, 1.82) is 0 Å². The number of aryl methyl sites for hydroxylation is 1. The maximum absolute atomic E-state index is 5.85. The lowest BCUT2D eigenvalue weighted by Crippen LogP contribution is -2.36. The van der Waals surface area contributed by atoms with Gasteiger partial charge in [-0.15, -0.1) is 0 Å². The molecule has 4 rings (SSSR count). The molecule has 0 aliphatic carbocycles. The van der Waals surface area contributed by atoms with Crippen LogP contribution in [0.15, 0.2) is 59.8 Å². The Morgan fingerprint density at radius 3 is 2.87 bits per heavy atom. The molecule has 3 aromatic rings. The Morgan fingerprint density at radius 1 is 1.16 bits per heavy atom. The lowest BCUT2D eigenvalue weighted by atomic mass is 10.2. The summed E-state index contributed by atoms with van der Waals surface area (Å²) in [7, 11) is 0. The monoisotopic (exact) mass is 420 g/mol. The number of aromatic nitrogens is 3. The van der Waals surface area contributed by atoms with Crippen LogP contribution in [-0.2, 0) is 11.2 Å². The minimum absolute atomic E-state index is 0. The standard InChI is InChI=1S/C23H26N6O2.H2/c1-18-5-4-6-19(15-18)17-25-28-21-16-22(29-10-13-30-14-11-29)27-23(26-21)31-12-8-20-7-2-3-9-24-20;/h2-7,9,15-17H,8,10-14H2,1H3,(H,26,27,28);1H/b25-17+;. The molecule has 1 fully saturated rings. The summed E-state index contributed by atoms with van der Waals surface area (Å²) in [5.74, 6) is 1.37. The molecule has 1 aliphatic rings. The van der Waals surface area contributed by atoms with Gasteiger partial charge in [-0.3, -0.25) is 10.4 Å². The van der Waals surface area contributed by atoms with Gasteiger partial charge in [0.25, 0.3) is 0 Å². The molecule has 0 radical (unpaired) electrons. The van der Waals surface area contributed by atoms with Crippen LogP contribution >= 0.6 is 0 Å². The van der Waals surface area contributed by atoms with Crippen LogP contribution < -0.4 is 15.1 Å². The average Bonchev–Trinajstić information content (AvgIpc) is 2.80. The zero-order valence-electron chi connectivity index (χ0n) is 17.6. The van der Waals surface area contributed by atoms with Crippen LogP contribution in [0.1, 0.15) is 18.2 Å². The molecule has 1 aromatic carbocycles. The van der Waals surface area contributed by atoms with E-state index in [1.165, 1.54) is 5.56 Å². The molecule has 1 N–H and O–H groups in total. The van der Waals surface area contributed by atoms with Crippen LogP contribution in [0.2, 0.25) is 0 Å². The van der Waals surface area contributed by atoms with Gasteiger partial charge in [-0.1, -0.05) is 35.9 Å². The van der Waals surface area contributed by atoms with E-state index in [4.69, 9.17) is 9.47 Å². The average molecular weight is 421 g/mol. The fourth-order valence-corrected chi connectivity index (χ4v) is 3.21. The third-order valence-electron chi connectivity index (χ3n) is 4.78. The number of nitrogens with one attached hydrogen (secondary N) is 1. The Bertz CT molecular complexity index is 1010. The number of hydrogen-bond acceptors (Lipinski definition) is 8. The van der Waals surface area contributed by atoms with Gasteiger partial charge in [0.05, 0.1) is 26.0 Å². The van der Waals surface area contributed by atoms with Crippen LogP contribution in [0.4, 0.5) is 11.6 Å². The first-order valence-corrected chi connectivity index (χ1v) is 10.4. The molecule has 0 bridgehead atoms. The van der Waals surface area contributed by atoms with Gasteiger partial charge in [0.1, 0.15) is 5.82 Å². The van der Waals surface area contributed by atoms with Gasteiger partial charge in [-0.2, -0.15) is 15.1 Å². The summed E-state index contributed by atoms with van der Waals surface area (Å²) in [6, 6.07) is 16.2. The minimum Gasteiger partial charge on any atom is -0.463 e. The summed E-state index contributed by atoms with van der Waals surface area (Å²) in [5.41, 5.74) is 6.17. The minimum atomic E-state index is 0. The van der Waals surface area contributed by atoms with Crippen molar-refractivity contribution in [3.63, 3.8) is 0 Å². The highest BCUT2D eigenvalue weighted by atomic mass is 16.5. The van der Waals surface area contributed by atoms with Crippen molar-refractivity contribution < 1.29 is 10.9 Å². The molecule has 1 aliphatic heterocycles. The van der Waals surface area contributed by atoms with E-state index in [-0.39, 0.29) is 1.43 Å². The molecule has 8 nitrogen and oxygen atoms in total. The second-order valence-corrected chi connectivity index (χ2v) is 7.20. The smallest absolute Gasteiger partial charge is 0.320 e. The molecule has 2 aromatic heterocycles. The number of anilines is 2. The number of benzene rings is 1. The summed E-state index contributed by atoms with van der Waals surface area (Å²) < 4.78 is 11.3. The predicted molar refractivity (Wildman–Crippen MR) is 123 cm³/mol. The van der Waals surface area contributed by atoms with E-state index in [0.29, 0.717) is 38.1 Å². The Labute approximate surface area is 183 Å². The third-order valence-corrected chi connectivity index (χ3v) is 4.78. The molecule has 0 spiro atoms. The Hall–Kier alpha value is -3.52. The molecule has 0 unspecified atom stereocenters. The SMILES string of the molecule is Cc1cccc(/C=N/Nc2cc(N3CCOCC3)nc(OCCc3ccccn3)n2)c1.[HH]. The van der Waals surface area contributed by atoms with Crippen molar-refractivity contribution in [1.82, 2.24) is 15.0 Å². The normalized spacial score (nSPS) is 14.0. The number of nitrogens with zero attached hydrogens (tertiary/aromatic N) is 5. The summed E-state index contributed by atoms with van der Waals surface area (Å²) in [4.78, 5) is 15.5. The van der Waals surface area contributed by atoms with Gasteiger partial charge in [0.15, 0.2) is 5.82 Å². The summed E-state index contributed by atoms with van der Waals surface area (Å²) in [5, 5.41) is 4.33. The van der Waals surface area contributed by atoms with Crippen molar-refractivity contribution >= 4 is 17.9 Å². The highest BCUT2D eigenvalue weighted by Crippen LogP contribution is 2.20. The van der Waals surface area contributed by atoms with E-state index in [2.05, 4.69) is 49.4 Å². The third kappa shape index (κ3) is 6.23. The molecule has 31 heavy (non-hydrogen) atoms. The quantitative estimate of drug-likeness (QED) is 0.442. The van der Waals surface area contributed by atoms with Gasteiger partial charge in [0, 0.05) is 38.9 Å². The van der Waals surface area contributed by atoms with E-state index in [1.54, 1.807) is 12.4 Å². The van der Waals surface area contributed by atoms with Gasteiger partial charge in [-0.05, 0) is 24.6 Å². The first kappa shape index (κ1) is 20.7. The largest absolute Gasteiger partial charge is 0.463 e. The van der Waals surface area contributed by atoms with E-state index in [9.17, 15) is 0 Å². The van der Waals surface area contributed by atoms with E-state index in [0.717, 1.165) is 30.2 Å². The molecule has 0 atom stereocenters. The van der Waals surface area contributed by atoms with Crippen LogP contribution in [0.25, 0.3) is 0 Å². The Morgan fingerprint density at radius 2 is 2.06 bits per heavy atom. The van der Waals surface area contributed by atoms with Gasteiger partial charge < -0.3 is 14.4 Å². The van der Waals surface area contributed by atoms with Gasteiger partial charge in [-0.25, -0.2) is 0 Å². The topological polar surface area (TPSA) is 84.8 Å². The molecule has 8 heteroatoms. The molecular weight excluding hydrogens is 392 g/mol. The number of pyridine rings is 1. The Balaban J connectivity index is 0.00000289.